The van der Waals surface area contributed by atoms with Gasteiger partial charge in [-0.3, -0.25) is 0 Å². The van der Waals surface area contributed by atoms with E-state index in [2.05, 4.69) is 17.6 Å². The summed E-state index contributed by atoms with van der Waals surface area (Å²) < 4.78 is 0. The highest BCUT2D eigenvalue weighted by Gasteiger charge is 2.25. The Morgan fingerprint density at radius 1 is 1.40 bits per heavy atom. The van der Waals surface area contributed by atoms with Gasteiger partial charge in [-0.1, -0.05) is 0 Å². The molecule has 2 rings (SSSR count). The lowest BCUT2D eigenvalue weighted by Gasteiger charge is -2.24. The van der Waals surface area contributed by atoms with Crippen LogP contribution in [0.4, 0.5) is 4.79 Å². The number of nitrogens with zero attached hydrogens (tertiary/aromatic N) is 1. The first-order valence-corrected chi connectivity index (χ1v) is 6.02. The molecule has 2 saturated heterocycles. The third-order valence-electron chi connectivity index (χ3n) is 3.42. The molecular weight excluding hydrogens is 190 g/mol. The van der Waals surface area contributed by atoms with Gasteiger partial charge in [0.1, 0.15) is 0 Å². The Hall–Kier alpha value is -0.770. The van der Waals surface area contributed by atoms with Crippen LogP contribution < -0.4 is 10.6 Å². The minimum Gasteiger partial charge on any atom is -0.334 e. The summed E-state index contributed by atoms with van der Waals surface area (Å²) in [6, 6.07) is 0.446. The van der Waals surface area contributed by atoms with E-state index in [-0.39, 0.29) is 6.03 Å². The molecule has 0 bridgehead atoms. The molecule has 0 saturated carbocycles. The molecule has 0 radical (unpaired) electrons. The van der Waals surface area contributed by atoms with E-state index in [1.807, 2.05) is 4.90 Å². The molecule has 2 aliphatic rings. The first-order valence-electron chi connectivity index (χ1n) is 6.02. The van der Waals surface area contributed by atoms with Gasteiger partial charge in [0.15, 0.2) is 0 Å². The van der Waals surface area contributed by atoms with Crippen molar-refractivity contribution >= 4 is 6.03 Å². The van der Waals surface area contributed by atoms with Crippen LogP contribution in [0.5, 0.6) is 0 Å². The van der Waals surface area contributed by atoms with E-state index in [0.717, 1.165) is 32.1 Å². The van der Waals surface area contributed by atoms with Crippen molar-refractivity contribution in [1.29, 1.82) is 0 Å². The third kappa shape index (κ3) is 2.84. The van der Waals surface area contributed by atoms with Crippen LogP contribution >= 0.6 is 0 Å². The third-order valence-corrected chi connectivity index (χ3v) is 3.42. The molecule has 0 aliphatic carbocycles. The molecule has 1 unspecified atom stereocenters. The summed E-state index contributed by atoms with van der Waals surface area (Å²) in [6.07, 6.45) is 3.71. The number of amides is 2. The molecule has 1 atom stereocenters. The standard InChI is InChI=1S/C11H21N3O/c1-9-8-14(11(15)13-9)7-4-10-2-5-12-6-3-10/h9-10,12H,2-8H2,1H3,(H,13,15). The van der Waals surface area contributed by atoms with Crippen LogP contribution in [-0.4, -0.2) is 43.2 Å². The maximum atomic E-state index is 11.5. The fourth-order valence-corrected chi connectivity index (χ4v) is 2.46. The number of urea groups is 1. The number of rotatable bonds is 3. The van der Waals surface area contributed by atoms with E-state index >= 15 is 0 Å². The maximum absolute atomic E-state index is 11.5. The Morgan fingerprint density at radius 3 is 2.73 bits per heavy atom. The molecule has 2 aliphatic heterocycles. The number of hydrogen-bond donors (Lipinski definition) is 2. The van der Waals surface area contributed by atoms with Crippen molar-refractivity contribution in [2.45, 2.75) is 32.2 Å². The summed E-state index contributed by atoms with van der Waals surface area (Å²) >= 11 is 0. The molecule has 2 heterocycles. The van der Waals surface area contributed by atoms with E-state index in [0.29, 0.717) is 6.04 Å². The molecule has 2 amide bonds. The Morgan fingerprint density at radius 2 is 2.13 bits per heavy atom. The zero-order valence-corrected chi connectivity index (χ0v) is 9.46. The van der Waals surface area contributed by atoms with E-state index < -0.39 is 0 Å². The van der Waals surface area contributed by atoms with Crippen LogP contribution in [0.1, 0.15) is 26.2 Å². The average Bonchev–Trinajstić information content (AvgIpc) is 2.56. The van der Waals surface area contributed by atoms with Gasteiger partial charge >= 0.3 is 6.03 Å². The Labute approximate surface area is 91.4 Å². The fourth-order valence-electron chi connectivity index (χ4n) is 2.46. The maximum Gasteiger partial charge on any atom is 0.317 e. The van der Waals surface area contributed by atoms with Crippen LogP contribution in [0.15, 0.2) is 0 Å². The number of carbonyl (C=O) groups is 1. The highest BCUT2D eigenvalue weighted by Crippen LogP contribution is 2.17. The molecule has 86 valence electrons. The van der Waals surface area contributed by atoms with Gasteiger partial charge in [-0.15, -0.1) is 0 Å². The topological polar surface area (TPSA) is 44.4 Å². The van der Waals surface area contributed by atoms with Crippen LogP contribution in [0.2, 0.25) is 0 Å². The SMILES string of the molecule is CC1CN(CCC2CCNCC2)C(=O)N1. The van der Waals surface area contributed by atoms with Gasteiger partial charge in [-0.05, 0) is 45.2 Å². The molecule has 15 heavy (non-hydrogen) atoms. The fraction of sp³-hybridized carbons (Fsp3) is 0.909. The van der Waals surface area contributed by atoms with Crippen molar-refractivity contribution in [3.05, 3.63) is 0 Å². The first-order chi connectivity index (χ1) is 7.25. The Kier molecular flexibility index (Phi) is 3.46. The highest BCUT2D eigenvalue weighted by atomic mass is 16.2. The van der Waals surface area contributed by atoms with Gasteiger partial charge < -0.3 is 15.5 Å². The summed E-state index contributed by atoms with van der Waals surface area (Å²) in [5.41, 5.74) is 0. The highest BCUT2D eigenvalue weighted by molar-refractivity contribution is 5.76. The van der Waals surface area contributed by atoms with Crippen molar-refractivity contribution in [2.75, 3.05) is 26.2 Å². The zero-order valence-electron chi connectivity index (χ0n) is 9.46. The van der Waals surface area contributed by atoms with Crippen LogP contribution in [0.3, 0.4) is 0 Å². The number of hydrogen-bond acceptors (Lipinski definition) is 2. The van der Waals surface area contributed by atoms with Gasteiger partial charge in [-0.25, -0.2) is 4.79 Å². The van der Waals surface area contributed by atoms with E-state index in [1.54, 1.807) is 0 Å². The van der Waals surface area contributed by atoms with E-state index in [4.69, 9.17) is 0 Å². The molecule has 0 spiro atoms. The lowest BCUT2D eigenvalue weighted by molar-refractivity contribution is 0.211. The van der Waals surface area contributed by atoms with Gasteiger partial charge in [0.25, 0.3) is 0 Å². The zero-order chi connectivity index (χ0) is 10.7. The predicted octanol–water partition coefficient (Wildman–Crippen LogP) is 0.790. The smallest absolute Gasteiger partial charge is 0.317 e. The van der Waals surface area contributed by atoms with Crippen LogP contribution in [0, 0.1) is 5.92 Å². The quantitative estimate of drug-likeness (QED) is 0.725. The van der Waals surface area contributed by atoms with Crippen molar-refractivity contribution < 1.29 is 4.79 Å². The van der Waals surface area contributed by atoms with Crippen LogP contribution in [0.25, 0.3) is 0 Å². The van der Waals surface area contributed by atoms with E-state index in [9.17, 15) is 4.79 Å². The summed E-state index contributed by atoms with van der Waals surface area (Å²) in [5, 5.41) is 6.29. The molecule has 2 N–H and O–H groups in total. The first kappa shape index (κ1) is 10.7. The van der Waals surface area contributed by atoms with Crippen molar-refractivity contribution in [3.63, 3.8) is 0 Å². The molecule has 0 aromatic rings. The minimum absolute atomic E-state index is 0.122. The largest absolute Gasteiger partial charge is 0.334 e. The summed E-state index contributed by atoms with van der Waals surface area (Å²) in [6.45, 7) is 6.16. The second-order valence-corrected chi connectivity index (χ2v) is 4.78. The Bertz CT molecular complexity index is 226. The van der Waals surface area contributed by atoms with Gasteiger partial charge in [0, 0.05) is 19.1 Å². The average molecular weight is 211 g/mol. The lowest BCUT2D eigenvalue weighted by Crippen LogP contribution is -2.33. The molecule has 4 nitrogen and oxygen atoms in total. The van der Waals surface area contributed by atoms with Gasteiger partial charge in [0.2, 0.25) is 0 Å². The second-order valence-electron chi connectivity index (χ2n) is 4.78. The van der Waals surface area contributed by atoms with Crippen molar-refractivity contribution in [3.8, 4) is 0 Å². The number of nitrogens with one attached hydrogen (secondary N) is 2. The summed E-state index contributed by atoms with van der Waals surface area (Å²) in [5.74, 6) is 0.815. The second kappa shape index (κ2) is 4.84. The summed E-state index contributed by atoms with van der Waals surface area (Å²) in [7, 11) is 0. The van der Waals surface area contributed by atoms with E-state index in [1.165, 1.54) is 19.3 Å². The number of piperidine rings is 1. The van der Waals surface area contributed by atoms with Gasteiger partial charge in [-0.2, -0.15) is 0 Å². The normalized spacial score (nSPS) is 28.2. The molecule has 0 aromatic heterocycles. The monoisotopic (exact) mass is 211 g/mol. The number of carbonyl (C=O) groups excluding carboxylic acids is 1. The lowest BCUT2D eigenvalue weighted by atomic mass is 9.94. The van der Waals surface area contributed by atoms with Crippen molar-refractivity contribution in [2.24, 2.45) is 5.92 Å². The summed E-state index contributed by atoms with van der Waals surface area (Å²) in [4.78, 5) is 13.4. The Balaban J connectivity index is 1.70. The van der Waals surface area contributed by atoms with Gasteiger partial charge in [0.05, 0.1) is 0 Å². The van der Waals surface area contributed by atoms with Crippen LogP contribution in [-0.2, 0) is 0 Å². The minimum atomic E-state index is 0.122. The molecule has 0 aromatic carbocycles. The predicted molar refractivity (Wildman–Crippen MR) is 59.8 cm³/mol. The molecular formula is C11H21N3O. The molecule has 4 heteroatoms. The molecule has 2 fully saturated rings. The van der Waals surface area contributed by atoms with Crippen molar-refractivity contribution in [1.82, 2.24) is 15.5 Å².